The van der Waals surface area contributed by atoms with E-state index in [1.54, 1.807) is 7.05 Å². The van der Waals surface area contributed by atoms with Crippen LogP contribution in [0.3, 0.4) is 0 Å². The molecule has 0 fully saturated rings. The van der Waals surface area contributed by atoms with Gasteiger partial charge in [-0.25, -0.2) is 4.68 Å². The number of guanidine groups is 1. The van der Waals surface area contributed by atoms with Gasteiger partial charge in [-0.15, -0.1) is 0 Å². The van der Waals surface area contributed by atoms with E-state index in [2.05, 4.69) is 51.9 Å². The number of hydrogen-bond acceptors (Lipinski definition) is 3. The number of hydrogen-bond donors (Lipinski definition) is 2. The van der Waals surface area contributed by atoms with Crippen molar-refractivity contribution < 1.29 is 4.74 Å². The first-order valence-electron chi connectivity index (χ1n) is 9.88. The van der Waals surface area contributed by atoms with Crippen molar-refractivity contribution in [1.82, 2.24) is 20.4 Å². The smallest absolute Gasteiger partial charge is 0.191 e. The lowest BCUT2D eigenvalue weighted by Crippen LogP contribution is -2.36. The fourth-order valence-corrected chi connectivity index (χ4v) is 3.24. The SMILES string of the molecule is CCOc1cccc(CNC(=NC)NCc2ccccc2-n2nc(C)cc2C)c1. The summed E-state index contributed by atoms with van der Waals surface area (Å²) in [5.41, 5.74) is 5.50. The summed E-state index contributed by atoms with van der Waals surface area (Å²) in [6.07, 6.45) is 0. The molecule has 6 heteroatoms. The zero-order valence-electron chi connectivity index (χ0n) is 17.6. The summed E-state index contributed by atoms with van der Waals surface area (Å²) in [6, 6.07) is 18.4. The van der Waals surface area contributed by atoms with Crippen LogP contribution < -0.4 is 15.4 Å². The molecule has 0 aliphatic rings. The van der Waals surface area contributed by atoms with Gasteiger partial charge in [0.05, 0.1) is 18.0 Å². The average molecular weight is 392 g/mol. The van der Waals surface area contributed by atoms with Crippen molar-refractivity contribution in [3.63, 3.8) is 0 Å². The van der Waals surface area contributed by atoms with Crippen molar-refractivity contribution >= 4 is 5.96 Å². The number of rotatable bonds is 7. The van der Waals surface area contributed by atoms with Crippen LogP contribution in [-0.4, -0.2) is 29.4 Å². The van der Waals surface area contributed by atoms with E-state index in [9.17, 15) is 0 Å². The molecule has 152 valence electrons. The van der Waals surface area contributed by atoms with E-state index in [1.165, 1.54) is 0 Å². The highest BCUT2D eigenvalue weighted by Gasteiger charge is 2.09. The standard InChI is InChI=1S/C23H29N5O/c1-5-29-21-11-8-9-19(14-21)15-25-23(24-4)26-16-20-10-6-7-12-22(20)28-18(3)13-17(2)27-28/h6-14H,5,15-16H2,1-4H3,(H2,24,25,26). The number of aromatic nitrogens is 2. The molecule has 2 N–H and O–H groups in total. The van der Waals surface area contributed by atoms with Crippen LogP contribution in [0.25, 0.3) is 5.69 Å². The molecule has 1 heterocycles. The first-order chi connectivity index (χ1) is 14.1. The molecule has 0 unspecified atom stereocenters. The largest absolute Gasteiger partial charge is 0.494 e. The summed E-state index contributed by atoms with van der Waals surface area (Å²) in [5.74, 6) is 1.63. The topological polar surface area (TPSA) is 63.5 Å². The average Bonchev–Trinajstić information content (AvgIpc) is 3.07. The lowest BCUT2D eigenvalue weighted by Gasteiger charge is -2.15. The van der Waals surface area contributed by atoms with E-state index < -0.39 is 0 Å². The Hall–Kier alpha value is -3.28. The fraction of sp³-hybridized carbons (Fsp3) is 0.304. The number of nitrogens with one attached hydrogen (secondary N) is 2. The molecule has 1 aromatic heterocycles. The minimum absolute atomic E-state index is 0.646. The van der Waals surface area contributed by atoms with Gasteiger partial charge in [-0.1, -0.05) is 30.3 Å². The van der Waals surface area contributed by atoms with Gasteiger partial charge >= 0.3 is 0 Å². The van der Waals surface area contributed by atoms with E-state index in [-0.39, 0.29) is 0 Å². The second kappa shape index (κ2) is 9.78. The molecule has 2 aromatic carbocycles. The Balaban J connectivity index is 1.65. The Morgan fingerprint density at radius 3 is 2.55 bits per heavy atom. The van der Waals surface area contributed by atoms with Crippen LogP contribution in [0.5, 0.6) is 5.75 Å². The van der Waals surface area contributed by atoms with Crippen molar-refractivity contribution in [3.05, 3.63) is 77.1 Å². The molecule has 0 aliphatic carbocycles. The molecular formula is C23H29N5O. The third-order valence-electron chi connectivity index (χ3n) is 4.57. The molecule has 0 radical (unpaired) electrons. The molecule has 0 atom stereocenters. The molecule has 0 amide bonds. The lowest BCUT2D eigenvalue weighted by molar-refractivity contribution is 0.340. The quantitative estimate of drug-likeness (QED) is 0.476. The zero-order valence-corrected chi connectivity index (χ0v) is 17.6. The van der Waals surface area contributed by atoms with Gasteiger partial charge in [0, 0.05) is 25.8 Å². The summed E-state index contributed by atoms with van der Waals surface area (Å²) in [4.78, 5) is 4.34. The minimum Gasteiger partial charge on any atom is -0.494 e. The predicted octanol–water partition coefficient (Wildman–Crippen LogP) is 3.75. The van der Waals surface area contributed by atoms with E-state index in [0.29, 0.717) is 19.7 Å². The Bertz CT molecular complexity index is 977. The minimum atomic E-state index is 0.646. The zero-order chi connectivity index (χ0) is 20.6. The van der Waals surface area contributed by atoms with Crippen molar-refractivity contribution in [2.45, 2.75) is 33.9 Å². The molecule has 0 aliphatic heterocycles. The molecular weight excluding hydrogens is 362 g/mol. The third-order valence-corrected chi connectivity index (χ3v) is 4.57. The number of ether oxygens (including phenoxy) is 1. The maximum atomic E-state index is 5.57. The van der Waals surface area contributed by atoms with Crippen LogP contribution in [0, 0.1) is 13.8 Å². The lowest BCUT2D eigenvalue weighted by atomic mass is 10.1. The van der Waals surface area contributed by atoms with Gasteiger partial charge in [0.25, 0.3) is 0 Å². The van der Waals surface area contributed by atoms with E-state index in [0.717, 1.165) is 39.9 Å². The summed E-state index contributed by atoms with van der Waals surface area (Å²) in [6.45, 7) is 8.04. The van der Waals surface area contributed by atoms with E-state index in [1.807, 2.05) is 48.9 Å². The van der Waals surface area contributed by atoms with E-state index in [4.69, 9.17) is 4.74 Å². The molecule has 3 aromatic rings. The van der Waals surface area contributed by atoms with Crippen molar-refractivity contribution in [2.75, 3.05) is 13.7 Å². The Labute approximate surface area is 172 Å². The highest BCUT2D eigenvalue weighted by atomic mass is 16.5. The van der Waals surface area contributed by atoms with Crippen LogP contribution in [0.2, 0.25) is 0 Å². The maximum absolute atomic E-state index is 5.57. The van der Waals surface area contributed by atoms with Crippen molar-refractivity contribution in [1.29, 1.82) is 0 Å². The molecule has 3 rings (SSSR count). The van der Waals surface area contributed by atoms with E-state index >= 15 is 0 Å². The molecule has 29 heavy (non-hydrogen) atoms. The van der Waals surface area contributed by atoms with Gasteiger partial charge in [0.15, 0.2) is 5.96 Å². The number of nitrogens with zero attached hydrogens (tertiary/aromatic N) is 3. The Kier molecular flexibility index (Phi) is 6.89. The van der Waals surface area contributed by atoms with Crippen LogP contribution in [-0.2, 0) is 13.1 Å². The number of aryl methyl sites for hydroxylation is 2. The molecule has 6 nitrogen and oxygen atoms in total. The first kappa shape index (κ1) is 20.5. The number of para-hydroxylation sites is 1. The summed E-state index contributed by atoms with van der Waals surface area (Å²) >= 11 is 0. The summed E-state index contributed by atoms with van der Waals surface area (Å²) < 4.78 is 7.56. The normalized spacial score (nSPS) is 11.4. The predicted molar refractivity (Wildman–Crippen MR) is 118 cm³/mol. The number of benzene rings is 2. The number of aliphatic imine (C=N–C) groups is 1. The molecule has 0 bridgehead atoms. The molecule has 0 saturated carbocycles. The Morgan fingerprint density at radius 2 is 1.83 bits per heavy atom. The first-order valence-corrected chi connectivity index (χ1v) is 9.88. The summed E-state index contributed by atoms with van der Waals surface area (Å²) in [7, 11) is 1.78. The van der Waals surface area contributed by atoms with Gasteiger partial charge in [-0.2, -0.15) is 5.10 Å². The maximum Gasteiger partial charge on any atom is 0.191 e. The van der Waals surface area contributed by atoms with Crippen LogP contribution in [0.1, 0.15) is 29.4 Å². The third kappa shape index (κ3) is 5.38. The van der Waals surface area contributed by atoms with Gasteiger partial charge in [0.1, 0.15) is 5.75 Å². The molecule has 0 saturated heterocycles. The highest BCUT2D eigenvalue weighted by molar-refractivity contribution is 5.79. The Morgan fingerprint density at radius 1 is 1.03 bits per heavy atom. The molecule has 0 spiro atoms. The second-order valence-corrected chi connectivity index (χ2v) is 6.83. The summed E-state index contributed by atoms with van der Waals surface area (Å²) in [5, 5.41) is 11.4. The van der Waals surface area contributed by atoms with Crippen molar-refractivity contribution in [3.8, 4) is 11.4 Å². The van der Waals surface area contributed by atoms with Crippen molar-refractivity contribution in [2.24, 2.45) is 4.99 Å². The van der Waals surface area contributed by atoms with Gasteiger partial charge in [-0.3, -0.25) is 4.99 Å². The van der Waals surface area contributed by atoms with Gasteiger partial charge in [0.2, 0.25) is 0 Å². The van der Waals surface area contributed by atoms with Crippen LogP contribution in [0.4, 0.5) is 0 Å². The monoisotopic (exact) mass is 391 g/mol. The second-order valence-electron chi connectivity index (χ2n) is 6.83. The van der Waals surface area contributed by atoms with Crippen LogP contribution >= 0.6 is 0 Å². The van der Waals surface area contributed by atoms with Crippen LogP contribution in [0.15, 0.2) is 59.6 Å². The highest BCUT2D eigenvalue weighted by Crippen LogP contribution is 2.17. The fourth-order valence-electron chi connectivity index (χ4n) is 3.24. The van der Waals surface area contributed by atoms with Gasteiger partial charge < -0.3 is 15.4 Å². The van der Waals surface area contributed by atoms with Gasteiger partial charge in [-0.05, 0) is 56.2 Å².